The molecule has 66 valence electrons. The first-order chi connectivity index (χ1) is 5.84. The van der Waals surface area contributed by atoms with Crippen LogP contribution in [0.3, 0.4) is 0 Å². The van der Waals surface area contributed by atoms with Crippen LogP contribution in [0, 0.1) is 5.92 Å². The van der Waals surface area contributed by atoms with E-state index in [4.69, 9.17) is 0 Å². The Bertz CT molecular complexity index is 206. The van der Waals surface area contributed by atoms with E-state index in [2.05, 4.69) is 44.2 Å². The van der Waals surface area contributed by atoms with E-state index in [0.717, 1.165) is 0 Å². The minimum absolute atomic E-state index is 0. The molecule has 0 nitrogen and oxygen atoms in total. The molecular formula is C12H17Li. The van der Waals surface area contributed by atoms with Gasteiger partial charge in [-0.3, -0.25) is 0 Å². The van der Waals surface area contributed by atoms with Gasteiger partial charge in [0.05, 0.1) is 0 Å². The third kappa shape index (κ3) is 4.46. The van der Waals surface area contributed by atoms with Gasteiger partial charge in [0, 0.05) is 0 Å². The molecule has 0 saturated carbocycles. The minimum atomic E-state index is 0. The second-order valence-corrected chi connectivity index (χ2v) is 3.25. The van der Waals surface area contributed by atoms with Gasteiger partial charge in [-0.15, -0.1) is 12.1 Å². The zero-order valence-corrected chi connectivity index (χ0v) is 9.01. The topological polar surface area (TPSA) is 0 Å². The SMILES string of the molecule is CCCC[C-](C)c1ccccc1.[Li+]. The van der Waals surface area contributed by atoms with Gasteiger partial charge in [0.1, 0.15) is 0 Å². The maximum absolute atomic E-state index is 2.23. The summed E-state index contributed by atoms with van der Waals surface area (Å²) >= 11 is 0. The van der Waals surface area contributed by atoms with E-state index in [-0.39, 0.29) is 18.9 Å². The van der Waals surface area contributed by atoms with Gasteiger partial charge in [-0.2, -0.15) is 23.6 Å². The zero-order valence-electron chi connectivity index (χ0n) is 9.01. The normalized spacial score (nSPS) is 9.08. The molecule has 0 aliphatic heterocycles. The van der Waals surface area contributed by atoms with Gasteiger partial charge >= 0.3 is 18.9 Å². The molecule has 0 aliphatic carbocycles. The Morgan fingerprint density at radius 1 is 1.15 bits per heavy atom. The van der Waals surface area contributed by atoms with Crippen LogP contribution in [0.4, 0.5) is 0 Å². The Morgan fingerprint density at radius 2 is 1.77 bits per heavy atom. The van der Waals surface area contributed by atoms with Crippen molar-refractivity contribution < 1.29 is 18.9 Å². The first kappa shape index (κ1) is 12.7. The second-order valence-electron chi connectivity index (χ2n) is 3.25. The van der Waals surface area contributed by atoms with Gasteiger partial charge in [0.2, 0.25) is 0 Å². The molecule has 13 heavy (non-hydrogen) atoms. The van der Waals surface area contributed by atoms with Gasteiger partial charge in [0.15, 0.2) is 0 Å². The van der Waals surface area contributed by atoms with Crippen LogP contribution in [0.2, 0.25) is 0 Å². The van der Waals surface area contributed by atoms with Gasteiger partial charge in [0.25, 0.3) is 0 Å². The van der Waals surface area contributed by atoms with Crippen LogP contribution in [0.1, 0.15) is 38.7 Å². The minimum Gasteiger partial charge on any atom is -0.189 e. The van der Waals surface area contributed by atoms with Crippen molar-refractivity contribution in [2.45, 2.75) is 33.1 Å². The van der Waals surface area contributed by atoms with E-state index in [1.165, 1.54) is 30.7 Å². The summed E-state index contributed by atoms with van der Waals surface area (Å²) < 4.78 is 0. The van der Waals surface area contributed by atoms with Crippen molar-refractivity contribution in [3.05, 3.63) is 41.8 Å². The Balaban J connectivity index is 0.00000144. The number of benzene rings is 1. The first-order valence-corrected chi connectivity index (χ1v) is 4.72. The molecule has 1 aromatic carbocycles. The summed E-state index contributed by atoms with van der Waals surface area (Å²) in [5.74, 6) is 1.51. The summed E-state index contributed by atoms with van der Waals surface area (Å²) in [6, 6.07) is 10.6. The Hall–Kier alpha value is -0.313. The van der Waals surface area contributed by atoms with Crippen molar-refractivity contribution in [1.82, 2.24) is 0 Å². The fraction of sp³-hybridized carbons (Fsp3) is 0.417. The Morgan fingerprint density at radius 3 is 2.31 bits per heavy atom. The fourth-order valence-corrected chi connectivity index (χ4v) is 1.31. The molecule has 0 amide bonds. The van der Waals surface area contributed by atoms with Gasteiger partial charge in [-0.05, 0) is 0 Å². The van der Waals surface area contributed by atoms with Crippen LogP contribution in [-0.4, -0.2) is 0 Å². The molecule has 0 aromatic heterocycles. The number of hydrogen-bond donors (Lipinski definition) is 0. The largest absolute Gasteiger partial charge is 1.00 e. The van der Waals surface area contributed by atoms with Gasteiger partial charge < -0.3 is 0 Å². The van der Waals surface area contributed by atoms with Crippen LogP contribution >= 0.6 is 0 Å². The molecular weight excluding hydrogens is 151 g/mol. The zero-order chi connectivity index (χ0) is 8.81. The Labute approximate surface area is 93.9 Å². The molecule has 0 atom stereocenters. The summed E-state index contributed by atoms with van der Waals surface area (Å²) in [5.41, 5.74) is 1.39. The van der Waals surface area contributed by atoms with Gasteiger partial charge in [-0.1, -0.05) is 39.2 Å². The molecule has 0 spiro atoms. The molecule has 0 radical (unpaired) electrons. The van der Waals surface area contributed by atoms with Gasteiger partial charge in [-0.25, -0.2) is 0 Å². The van der Waals surface area contributed by atoms with E-state index in [1.54, 1.807) is 0 Å². The fourth-order valence-electron chi connectivity index (χ4n) is 1.31. The maximum atomic E-state index is 2.23. The van der Waals surface area contributed by atoms with Crippen molar-refractivity contribution in [1.29, 1.82) is 0 Å². The molecule has 0 aliphatic rings. The van der Waals surface area contributed by atoms with Crippen molar-refractivity contribution in [3.8, 4) is 0 Å². The average Bonchev–Trinajstić information content (AvgIpc) is 2.15. The van der Waals surface area contributed by atoms with E-state index in [1.807, 2.05) is 0 Å². The number of hydrogen-bond acceptors (Lipinski definition) is 0. The predicted octanol–water partition coefficient (Wildman–Crippen LogP) is 0.823. The van der Waals surface area contributed by atoms with Crippen LogP contribution in [0.25, 0.3) is 0 Å². The summed E-state index contributed by atoms with van der Waals surface area (Å²) in [6.07, 6.45) is 3.82. The van der Waals surface area contributed by atoms with Crippen molar-refractivity contribution in [2.75, 3.05) is 0 Å². The maximum Gasteiger partial charge on any atom is 1.00 e. The standard InChI is InChI=1S/C12H17.Li/c1-3-4-8-11(2)12-9-6-5-7-10-12;/h5-7,9-10H,3-4,8H2,1-2H3;/q-1;+1. The second kappa shape index (κ2) is 7.13. The smallest absolute Gasteiger partial charge is 0.189 e. The van der Waals surface area contributed by atoms with Crippen LogP contribution in [0.15, 0.2) is 30.3 Å². The summed E-state index contributed by atoms with van der Waals surface area (Å²) in [5, 5.41) is 0. The van der Waals surface area contributed by atoms with E-state index >= 15 is 0 Å². The molecule has 0 bridgehead atoms. The van der Waals surface area contributed by atoms with E-state index < -0.39 is 0 Å². The van der Waals surface area contributed by atoms with Crippen molar-refractivity contribution >= 4 is 0 Å². The molecule has 1 aromatic rings. The molecule has 0 saturated heterocycles. The third-order valence-electron chi connectivity index (χ3n) is 2.17. The summed E-state index contributed by atoms with van der Waals surface area (Å²) in [6.45, 7) is 4.46. The number of rotatable bonds is 4. The molecule has 0 N–H and O–H groups in total. The Kier molecular flexibility index (Phi) is 6.95. The predicted molar refractivity (Wildman–Crippen MR) is 54.0 cm³/mol. The van der Waals surface area contributed by atoms with E-state index in [0.29, 0.717) is 0 Å². The quantitative estimate of drug-likeness (QED) is 0.461. The van der Waals surface area contributed by atoms with Crippen molar-refractivity contribution in [3.63, 3.8) is 0 Å². The van der Waals surface area contributed by atoms with Crippen LogP contribution in [0.5, 0.6) is 0 Å². The first-order valence-electron chi connectivity index (χ1n) is 4.72. The average molecular weight is 168 g/mol. The van der Waals surface area contributed by atoms with Crippen molar-refractivity contribution in [2.24, 2.45) is 0 Å². The summed E-state index contributed by atoms with van der Waals surface area (Å²) in [4.78, 5) is 0. The molecule has 0 unspecified atom stereocenters. The van der Waals surface area contributed by atoms with Crippen LogP contribution < -0.4 is 18.9 Å². The third-order valence-corrected chi connectivity index (χ3v) is 2.17. The summed E-state index contributed by atoms with van der Waals surface area (Å²) in [7, 11) is 0. The monoisotopic (exact) mass is 168 g/mol. The molecule has 0 fully saturated rings. The van der Waals surface area contributed by atoms with Crippen LogP contribution in [-0.2, 0) is 0 Å². The van der Waals surface area contributed by atoms with E-state index in [9.17, 15) is 0 Å². The molecule has 1 heteroatoms. The molecule has 1 rings (SSSR count). The number of unbranched alkanes of at least 4 members (excludes halogenated alkanes) is 1. The molecule has 0 heterocycles.